The third-order valence-corrected chi connectivity index (χ3v) is 5.44. The maximum absolute atomic E-state index is 12.0. The summed E-state index contributed by atoms with van der Waals surface area (Å²) in [7, 11) is 1.65. The minimum Gasteiger partial charge on any atom is -0.480 e. The number of carboxylic acids is 1. The maximum atomic E-state index is 12.0. The predicted octanol–water partition coefficient (Wildman–Crippen LogP) is 3.08. The predicted molar refractivity (Wildman–Crippen MR) is 128 cm³/mol. The summed E-state index contributed by atoms with van der Waals surface area (Å²) in [5, 5.41) is 15.4. The van der Waals surface area contributed by atoms with Crippen LogP contribution in [-0.4, -0.2) is 78.6 Å². The van der Waals surface area contributed by atoms with Crippen molar-refractivity contribution in [2.24, 2.45) is 0 Å². The van der Waals surface area contributed by atoms with Crippen molar-refractivity contribution in [1.82, 2.24) is 15.2 Å². The van der Waals surface area contributed by atoms with E-state index in [0.29, 0.717) is 19.7 Å². The second-order valence-electron chi connectivity index (χ2n) is 9.46. The molecule has 1 aromatic rings. The Morgan fingerprint density at radius 1 is 1.24 bits per heavy atom. The van der Waals surface area contributed by atoms with Crippen molar-refractivity contribution in [1.29, 1.82) is 0 Å². The van der Waals surface area contributed by atoms with Gasteiger partial charge in [-0.1, -0.05) is 6.07 Å². The Bertz CT molecular complexity index is 766. The smallest absolute Gasteiger partial charge is 0.408 e. The molecule has 9 heteroatoms. The number of aryl methyl sites for hydroxylation is 2. The van der Waals surface area contributed by atoms with Crippen molar-refractivity contribution in [3.05, 3.63) is 23.4 Å². The molecule has 1 amide bonds. The second-order valence-corrected chi connectivity index (χ2v) is 9.46. The van der Waals surface area contributed by atoms with Crippen LogP contribution in [0.1, 0.15) is 57.7 Å². The van der Waals surface area contributed by atoms with E-state index in [9.17, 15) is 14.7 Å². The summed E-state index contributed by atoms with van der Waals surface area (Å²) in [4.78, 5) is 30.5. The Hall–Kier alpha value is -2.39. The highest BCUT2D eigenvalue weighted by Gasteiger charge is 2.24. The van der Waals surface area contributed by atoms with Gasteiger partial charge in [-0.15, -0.1) is 0 Å². The zero-order chi connectivity index (χ0) is 24.3. The topological polar surface area (TPSA) is 113 Å². The molecule has 0 radical (unpaired) electrons. The van der Waals surface area contributed by atoms with E-state index in [1.165, 1.54) is 5.56 Å². The monoisotopic (exact) mass is 464 g/mol. The van der Waals surface area contributed by atoms with E-state index < -0.39 is 23.7 Å². The molecule has 186 valence electrons. The number of carbonyl (C=O) groups excluding carboxylic acids is 1. The number of fused-ring (bicyclic) bond motifs is 1. The number of amides is 1. The highest BCUT2D eigenvalue weighted by atomic mass is 16.6. The fourth-order valence-corrected chi connectivity index (χ4v) is 3.72. The van der Waals surface area contributed by atoms with Gasteiger partial charge in [0.15, 0.2) is 0 Å². The van der Waals surface area contributed by atoms with Crippen LogP contribution in [0, 0.1) is 0 Å². The SMILES string of the molecule is COCCN(CCCCc1ccc2c(n1)NCCC2)CC[C@H](NC(=O)OC(C)(C)C)C(=O)O. The Morgan fingerprint density at radius 3 is 2.73 bits per heavy atom. The van der Waals surface area contributed by atoms with E-state index in [2.05, 4.69) is 27.7 Å². The van der Waals surface area contributed by atoms with Gasteiger partial charge < -0.3 is 30.1 Å². The highest BCUT2D eigenvalue weighted by molar-refractivity contribution is 5.80. The van der Waals surface area contributed by atoms with Crippen LogP contribution in [0.25, 0.3) is 0 Å². The molecule has 1 aliphatic rings. The number of alkyl carbamates (subject to hydrolysis) is 1. The van der Waals surface area contributed by atoms with Gasteiger partial charge in [-0.3, -0.25) is 0 Å². The van der Waals surface area contributed by atoms with Crippen LogP contribution in [0.15, 0.2) is 12.1 Å². The standard InChI is InChI=1S/C24H40N4O5/c1-24(2,3)33-23(31)27-20(22(29)30)12-15-28(16-17-32-4)14-6-5-9-19-11-10-18-8-7-13-25-21(18)26-19/h10-11,20H,5-9,12-17H2,1-4H3,(H,25,26)(H,27,31)(H,29,30)/t20-/m0/s1. The fraction of sp³-hybridized carbons (Fsp3) is 0.708. The molecule has 3 N–H and O–H groups in total. The number of hydrogen-bond donors (Lipinski definition) is 3. The first-order chi connectivity index (χ1) is 15.7. The van der Waals surface area contributed by atoms with E-state index in [4.69, 9.17) is 14.5 Å². The van der Waals surface area contributed by atoms with E-state index in [1.54, 1.807) is 27.9 Å². The summed E-state index contributed by atoms with van der Waals surface area (Å²) in [6, 6.07) is 3.30. The molecule has 1 aromatic heterocycles. The molecule has 0 saturated heterocycles. The number of carbonyl (C=O) groups is 2. The lowest BCUT2D eigenvalue weighted by Gasteiger charge is -2.25. The van der Waals surface area contributed by atoms with E-state index >= 15 is 0 Å². The molecule has 0 aromatic carbocycles. The van der Waals surface area contributed by atoms with Crippen LogP contribution in [0.2, 0.25) is 0 Å². The number of unbranched alkanes of at least 4 members (excludes halogenated alkanes) is 1. The normalized spacial score (nSPS) is 14.3. The van der Waals surface area contributed by atoms with Crippen molar-refractivity contribution in [3.63, 3.8) is 0 Å². The Kier molecular flexibility index (Phi) is 10.9. The molecule has 2 heterocycles. The molecular formula is C24H40N4O5. The zero-order valence-electron chi connectivity index (χ0n) is 20.5. The van der Waals surface area contributed by atoms with Crippen molar-refractivity contribution in [3.8, 4) is 0 Å². The third kappa shape index (κ3) is 10.4. The lowest BCUT2D eigenvalue weighted by atomic mass is 10.1. The maximum Gasteiger partial charge on any atom is 0.408 e. The van der Waals surface area contributed by atoms with Gasteiger partial charge in [0.2, 0.25) is 0 Å². The lowest BCUT2D eigenvalue weighted by molar-refractivity contribution is -0.139. The molecule has 0 saturated carbocycles. The number of hydrogen-bond acceptors (Lipinski definition) is 7. The third-order valence-electron chi connectivity index (χ3n) is 5.44. The molecular weight excluding hydrogens is 424 g/mol. The minimum atomic E-state index is -1.07. The van der Waals surface area contributed by atoms with E-state index in [0.717, 1.165) is 56.7 Å². The summed E-state index contributed by atoms with van der Waals surface area (Å²) in [5.41, 5.74) is 1.71. The molecule has 33 heavy (non-hydrogen) atoms. The molecule has 9 nitrogen and oxygen atoms in total. The number of aliphatic carboxylic acids is 1. The number of rotatable bonds is 13. The molecule has 0 spiro atoms. The Balaban J connectivity index is 1.80. The van der Waals surface area contributed by atoms with Crippen molar-refractivity contribution >= 4 is 17.9 Å². The molecule has 0 aliphatic carbocycles. The summed E-state index contributed by atoms with van der Waals surface area (Å²) in [6.45, 7) is 8.84. The number of nitrogens with zero attached hydrogens (tertiary/aromatic N) is 2. The molecule has 0 unspecified atom stereocenters. The van der Waals surface area contributed by atoms with Crippen molar-refractivity contribution < 1.29 is 24.2 Å². The van der Waals surface area contributed by atoms with Gasteiger partial charge in [-0.2, -0.15) is 0 Å². The van der Waals surface area contributed by atoms with Crippen LogP contribution in [-0.2, 0) is 27.1 Å². The van der Waals surface area contributed by atoms with Gasteiger partial charge >= 0.3 is 12.1 Å². The van der Waals surface area contributed by atoms with Gasteiger partial charge in [0, 0.05) is 32.4 Å². The van der Waals surface area contributed by atoms with Crippen LogP contribution < -0.4 is 10.6 Å². The molecule has 1 atom stereocenters. The quantitative estimate of drug-likeness (QED) is 0.382. The molecule has 1 aliphatic heterocycles. The Morgan fingerprint density at radius 2 is 2.03 bits per heavy atom. The average molecular weight is 465 g/mol. The van der Waals surface area contributed by atoms with E-state index in [-0.39, 0.29) is 6.42 Å². The molecule has 2 rings (SSSR count). The molecule has 0 bridgehead atoms. The number of ether oxygens (including phenoxy) is 2. The fourth-order valence-electron chi connectivity index (χ4n) is 3.72. The van der Waals surface area contributed by atoms with Crippen molar-refractivity contribution in [2.75, 3.05) is 45.2 Å². The number of aromatic nitrogens is 1. The first kappa shape index (κ1) is 26.9. The number of nitrogens with one attached hydrogen (secondary N) is 2. The number of anilines is 1. The second kappa shape index (κ2) is 13.3. The molecule has 0 fully saturated rings. The number of carboxylic acid groups (broad SMARTS) is 1. The van der Waals surface area contributed by atoms with Crippen molar-refractivity contribution in [2.45, 2.75) is 70.9 Å². The van der Waals surface area contributed by atoms with Crippen LogP contribution in [0.4, 0.5) is 10.6 Å². The average Bonchev–Trinajstić information content (AvgIpc) is 2.75. The summed E-state index contributed by atoms with van der Waals surface area (Å²) < 4.78 is 10.4. The van der Waals surface area contributed by atoms with E-state index in [1.807, 2.05) is 0 Å². The first-order valence-electron chi connectivity index (χ1n) is 11.8. The number of pyridine rings is 1. The van der Waals surface area contributed by atoms with Gasteiger partial charge in [-0.05, 0) is 77.5 Å². The summed E-state index contributed by atoms with van der Waals surface area (Å²) in [6.07, 6.45) is 4.68. The Labute approximate surface area is 197 Å². The van der Waals surface area contributed by atoms with Gasteiger partial charge in [0.05, 0.1) is 6.61 Å². The van der Waals surface area contributed by atoms with Gasteiger partial charge in [0.1, 0.15) is 17.5 Å². The van der Waals surface area contributed by atoms with Gasteiger partial charge in [-0.25, -0.2) is 14.6 Å². The first-order valence-corrected chi connectivity index (χ1v) is 11.8. The zero-order valence-corrected chi connectivity index (χ0v) is 20.5. The van der Waals surface area contributed by atoms with Crippen LogP contribution in [0.5, 0.6) is 0 Å². The minimum absolute atomic E-state index is 0.288. The largest absolute Gasteiger partial charge is 0.480 e. The highest BCUT2D eigenvalue weighted by Crippen LogP contribution is 2.20. The summed E-state index contributed by atoms with van der Waals surface area (Å²) >= 11 is 0. The lowest BCUT2D eigenvalue weighted by Crippen LogP contribution is -2.45. The number of methoxy groups -OCH3 is 1. The summed E-state index contributed by atoms with van der Waals surface area (Å²) in [5.74, 6) is -0.0442. The van der Waals surface area contributed by atoms with Crippen LogP contribution >= 0.6 is 0 Å². The van der Waals surface area contributed by atoms with Gasteiger partial charge in [0.25, 0.3) is 0 Å². The van der Waals surface area contributed by atoms with Crippen LogP contribution in [0.3, 0.4) is 0 Å².